The number of hydrogen-bond donors (Lipinski definition) is 0. The molecule has 0 saturated heterocycles. The van der Waals surface area contributed by atoms with E-state index in [-0.39, 0.29) is 24.7 Å². The Balaban J connectivity index is 1.66. The number of esters is 1. The van der Waals surface area contributed by atoms with Crippen LogP contribution in [0.5, 0.6) is 17.2 Å². The van der Waals surface area contributed by atoms with Crippen molar-refractivity contribution in [3.63, 3.8) is 0 Å². The van der Waals surface area contributed by atoms with Crippen LogP contribution in [0.4, 0.5) is 0 Å². The molecule has 0 fully saturated rings. The van der Waals surface area contributed by atoms with Crippen LogP contribution in [0.15, 0.2) is 77.6 Å². The number of carbonyl (C=O) groups is 1. The van der Waals surface area contributed by atoms with Crippen LogP contribution in [-0.2, 0) is 4.79 Å². The molecule has 6 heteroatoms. The third-order valence-electron chi connectivity index (χ3n) is 5.82. The Morgan fingerprint density at radius 3 is 2.48 bits per heavy atom. The lowest BCUT2D eigenvalue weighted by atomic mass is 9.86. The molecule has 6 nitrogen and oxygen atoms in total. The maximum atomic E-state index is 13.9. The second-order valence-electron chi connectivity index (χ2n) is 7.58. The summed E-state index contributed by atoms with van der Waals surface area (Å²) in [5.74, 6) is 0.798. The van der Waals surface area contributed by atoms with Gasteiger partial charge in [-0.15, -0.1) is 0 Å². The molecule has 0 N–H and O–H groups in total. The first-order valence-corrected chi connectivity index (χ1v) is 10.0. The molecule has 0 spiro atoms. The molecule has 1 aromatic heterocycles. The summed E-state index contributed by atoms with van der Waals surface area (Å²) in [6, 6.07) is 22.5. The summed E-state index contributed by atoms with van der Waals surface area (Å²) in [4.78, 5) is 26.4. The Morgan fingerprint density at radius 1 is 0.839 bits per heavy atom. The first-order chi connectivity index (χ1) is 15.2. The van der Waals surface area contributed by atoms with E-state index in [0.29, 0.717) is 28.3 Å². The molecule has 2 aliphatic rings. The summed E-state index contributed by atoms with van der Waals surface area (Å²) < 4.78 is 18.3. The third-order valence-corrected chi connectivity index (χ3v) is 5.82. The van der Waals surface area contributed by atoms with E-state index in [9.17, 15) is 9.59 Å². The van der Waals surface area contributed by atoms with Crippen molar-refractivity contribution in [2.75, 3.05) is 6.79 Å². The zero-order valence-electron chi connectivity index (χ0n) is 16.4. The highest BCUT2D eigenvalue weighted by atomic mass is 16.7. The average molecular weight is 411 g/mol. The molecule has 0 saturated carbocycles. The van der Waals surface area contributed by atoms with Crippen LogP contribution in [0, 0.1) is 0 Å². The van der Waals surface area contributed by atoms with Gasteiger partial charge in [-0.1, -0.05) is 36.4 Å². The first kappa shape index (κ1) is 17.8. The number of para-hydroxylation sites is 2. The number of nitrogens with zero attached hydrogens (tertiary/aromatic N) is 1. The molecule has 31 heavy (non-hydrogen) atoms. The fourth-order valence-electron chi connectivity index (χ4n) is 4.42. The number of pyridine rings is 1. The van der Waals surface area contributed by atoms with E-state index in [4.69, 9.17) is 14.2 Å². The molecule has 152 valence electrons. The minimum absolute atomic E-state index is 0.0784. The topological polar surface area (TPSA) is 66.8 Å². The summed E-state index contributed by atoms with van der Waals surface area (Å²) >= 11 is 0. The van der Waals surface area contributed by atoms with E-state index in [2.05, 4.69) is 0 Å². The second kappa shape index (κ2) is 6.74. The molecule has 0 bridgehead atoms. The van der Waals surface area contributed by atoms with Gasteiger partial charge in [0.25, 0.3) is 5.56 Å². The fourth-order valence-corrected chi connectivity index (χ4v) is 4.42. The zero-order valence-corrected chi connectivity index (χ0v) is 16.4. The maximum Gasteiger partial charge on any atom is 0.312 e. The number of benzene rings is 3. The molecular formula is C25H17NO5. The Morgan fingerprint density at radius 2 is 1.61 bits per heavy atom. The number of ether oxygens (including phenoxy) is 3. The van der Waals surface area contributed by atoms with E-state index in [1.165, 1.54) is 0 Å². The number of fused-ring (bicyclic) bond motifs is 4. The molecule has 1 unspecified atom stereocenters. The van der Waals surface area contributed by atoms with Crippen LogP contribution < -0.4 is 19.8 Å². The largest absolute Gasteiger partial charge is 0.454 e. The molecule has 3 heterocycles. The third kappa shape index (κ3) is 2.72. The van der Waals surface area contributed by atoms with Crippen molar-refractivity contribution in [2.45, 2.75) is 12.3 Å². The van der Waals surface area contributed by atoms with Crippen LogP contribution >= 0.6 is 0 Å². The maximum absolute atomic E-state index is 13.9. The fraction of sp³-hybridized carbons (Fsp3) is 0.120. The van der Waals surface area contributed by atoms with Crippen LogP contribution in [0.1, 0.15) is 23.5 Å². The minimum Gasteiger partial charge on any atom is -0.454 e. The molecule has 6 rings (SSSR count). The van der Waals surface area contributed by atoms with Crippen molar-refractivity contribution in [1.29, 1.82) is 0 Å². The van der Waals surface area contributed by atoms with Crippen molar-refractivity contribution in [2.24, 2.45) is 0 Å². The Kier molecular flexibility index (Phi) is 3.86. The van der Waals surface area contributed by atoms with Gasteiger partial charge in [-0.3, -0.25) is 14.2 Å². The SMILES string of the molecule is O=C1CC(c2ccc3c(c2)OCO3)c2c(c3ccccc3n(-c3ccccc3)c2=O)O1. The Labute approximate surface area is 177 Å². The van der Waals surface area contributed by atoms with Crippen molar-refractivity contribution in [3.8, 4) is 22.9 Å². The zero-order chi connectivity index (χ0) is 20.9. The van der Waals surface area contributed by atoms with E-state index in [1.54, 1.807) is 4.57 Å². The predicted octanol–water partition coefficient (Wildman–Crippen LogP) is 4.16. The van der Waals surface area contributed by atoms with Gasteiger partial charge in [0.15, 0.2) is 11.5 Å². The highest BCUT2D eigenvalue weighted by Gasteiger charge is 2.35. The molecule has 1 atom stereocenters. The molecule has 0 aliphatic carbocycles. The number of hydrogen-bond acceptors (Lipinski definition) is 5. The first-order valence-electron chi connectivity index (χ1n) is 10.0. The van der Waals surface area contributed by atoms with Crippen LogP contribution in [0.2, 0.25) is 0 Å². The van der Waals surface area contributed by atoms with Crippen molar-refractivity contribution in [1.82, 2.24) is 4.57 Å². The van der Waals surface area contributed by atoms with Gasteiger partial charge < -0.3 is 14.2 Å². The lowest BCUT2D eigenvalue weighted by molar-refractivity contribution is -0.135. The average Bonchev–Trinajstić information content (AvgIpc) is 3.27. The van der Waals surface area contributed by atoms with Gasteiger partial charge >= 0.3 is 5.97 Å². The highest BCUT2D eigenvalue weighted by molar-refractivity contribution is 5.92. The molecule has 4 aromatic rings. The number of aromatic nitrogens is 1. The Hall–Kier alpha value is -4.06. The molecule has 3 aromatic carbocycles. The molecular weight excluding hydrogens is 394 g/mol. The number of carbonyl (C=O) groups excluding carboxylic acids is 1. The van der Waals surface area contributed by atoms with Crippen LogP contribution in [-0.4, -0.2) is 17.3 Å². The van der Waals surface area contributed by atoms with E-state index >= 15 is 0 Å². The lowest BCUT2D eigenvalue weighted by Gasteiger charge is -2.27. The molecule has 0 radical (unpaired) electrons. The summed E-state index contributed by atoms with van der Waals surface area (Å²) in [5.41, 5.74) is 2.54. The number of rotatable bonds is 2. The van der Waals surface area contributed by atoms with E-state index in [0.717, 1.165) is 16.6 Å². The summed E-state index contributed by atoms with van der Waals surface area (Å²) in [5, 5.41) is 0.722. The summed E-state index contributed by atoms with van der Waals surface area (Å²) in [6.07, 6.45) is 0.0784. The second-order valence-corrected chi connectivity index (χ2v) is 7.58. The van der Waals surface area contributed by atoms with Gasteiger partial charge in [-0.2, -0.15) is 0 Å². The van der Waals surface area contributed by atoms with Crippen LogP contribution in [0.25, 0.3) is 16.6 Å². The normalized spacial score (nSPS) is 16.8. The molecule has 2 aliphatic heterocycles. The predicted molar refractivity (Wildman–Crippen MR) is 114 cm³/mol. The lowest BCUT2D eigenvalue weighted by Crippen LogP contribution is -2.32. The van der Waals surface area contributed by atoms with Crippen molar-refractivity contribution < 1.29 is 19.0 Å². The van der Waals surface area contributed by atoms with E-state index in [1.807, 2.05) is 72.8 Å². The molecule has 0 amide bonds. The summed E-state index contributed by atoms with van der Waals surface area (Å²) in [6.45, 7) is 0.160. The van der Waals surface area contributed by atoms with Gasteiger partial charge in [0.1, 0.15) is 5.75 Å². The van der Waals surface area contributed by atoms with Crippen molar-refractivity contribution in [3.05, 3.63) is 94.3 Å². The quantitative estimate of drug-likeness (QED) is 0.464. The monoisotopic (exact) mass is 411 g/mol. The van der Waals surface area contributed by atoms with Crippen LogP contribution in [0.3, 0.4) is 0 Å². The van der Waals surface area contributed by atoms with Gasteiger partial charge in [-0.05, 0) is 42.0 Å². The summed E-state index contributed by atoms with van der Waals surface area (Å²) in [7, 11) is 0. The van der Waals surface area contributed by atoms with Crippen molar-refractivity contribution >= 4 is 16.9 Å². The smallest absolute Gasteiger partial charge is 0.312 e. The van der Waals surface area contributed by atoms with Gasteiger partial charge in [0, 0.05) is 17.0 Å². The minimum atomic E-state index is -0.446. The Bertz CT molecular complexity index is 1410. The van der Waals surface area contributed by atoms with E-state index < -0.39 is 5.92 Å². The van der Waals surface area contributed by atoms with Gasteiger partial charge in [0.2, 0.25) is 6.79 Å². The standard InChI is InChI=1S/C25H17NO5/c27-22-13-18(15-10-11-20-21(12-15)30-14-29-20)23-24(31-22)17-8-4-5-9-19(17)26(25(23)28)16-6-2-1-3-7-16/h1-12,18H,13-14H2. The van der Waals surface area contributed by atoms with Gasteiger partial charge in [-0.25, -0.2) is 0 Å². The highest BCUT2D eigenvalue weighted by Crippen LogP contribution is 2.43. The van der Waals surface area contributed by atoms with Gasteiger partial charge in [0.05, 0.1) is 17.5 Å².